The van der Waals surface area contributed by atoms with Gasteiger partial charge in [0, 0.05) is 40.2 Å². The Labute approximate surface area is 235 Å². The minimum Gasteiger partial charge on any atom is -0.508 e. The van der Waals surface area contributed by atoms with Gasteiger partial charge in [-0.2, -0.15) is 0 Å². The Morgan fingerprint density at radius 1 is 0.857 bits per heavy atom. The summed E-state index contributed by atoms with van der Waals surface area (Å²) in [5.41, 5.74) is 3.99. The number of aromatic nitrogens is 2. The van der Waals surface area contributed by atoms with Gasteiger partial charge in [0.15, 0.2) is 6.23 Å². The van der Waals surface area contributed by atoms with Gasteiger partial charge in [0.2, 0.25) is 0 Å². The molecule has 0 bridgehead atoms. The fourth-order valence-electron chi connectivity index (χ4n) is 6.28. The minimum absolute atomic E-state index is 0.0148. The molecule has 0 spiro atoms. The fourth-order valence-corrected chi connectivity index (χ4v) is 6.28. The van der Waals surface area contributed by atoms with Crippen molar-refractivity contribution < 1.29 is 50.1 Å². The molecule has 0 aliphatic carbocycles. The van der Waals surface area contributed by atoms with Crippen molar-refractivity contribution >= 4 is 55.4 Å². The van der Waals surface area contributed by atoms with Crippen LogP contribution in [0.5, 0.6) is 11.5 Å². The van der Waals surface area contributed by atoms with Crippen LogP contribution in [0.1, 0.15) is 26.9 Å². The van der Waals surface area contributed by atoms with Gasteiger partial charge in [-0.25, -0.2) is 10.4 Å². The van der Waals surface area contributed by atoms with Crippen LogP contribution in [0.2, 0.25) is 0 Å². The number of fused-ring (bicyclic) bond motifs is 10. The Kier molecular flexibility index (Phi) is 5.93. The zero-order valence-corrected chi connectivity index (χ0v) is 21.7. The third-order valence-electron chi connectivity index (χ3n) is 8.09. The van der Waals surface area contributed by atoms with Crippen LogP contribution in [0.4, 0.5) is 0 Å². The summed E-state index contributed by atoms with van der Waals surface area (Å²) in [5.74, 6) is -1.60. The van der Waals surface area contributed by atoms with Crippen molar-refractivity contribution in [2.75, 3.05) is 19.8 Å². The van der Waals surface area contributed by atoms with Crippen LogP contribution in [-0.2, 0) is 4.74 Å². The van der Waals surface area contributed by atoms with Gasteiger partial charge in [-0.1, -0.05) is 0 Å². The second kappa shape index (κ2) is 9.37. The third kappa shape index (κ3) is 3.45. The molecule has 3 aromatic carbocycles. The SMILES string of the molecule is O=C1c2c(c3c4ccc(O)cc4n([C@@H]4O[C@H](CO)[C@@H](O)[C@H](O)[C@H]4O)c3c3[nH]c4cc(O)ccc4c23)C(=O)N1NCCO. The molecular weight excluding hydrogens is 552 g/mol. The maximum atomic E-state index is 13.9. The summed E-state index contributed by atoms with van der Waals surface area (Å²) in [6.45, 7) is -1.11. The van der Waals surface area contributed by atoms with Crippen molar-refractivity contribution in [2.45, 2.75) is 30.6 Å². The van der Waals surface area contributed by atoms with Crippen LogP contribution in [-0.4, -0.2) is 106 Å². The molecule has 1 fully saturated rings. The largest absolute Gasteiger partial charge is 0.508 e. The quantitative estimate of drug-likeness (QED) is 0.125. The van der Waals surface area contributed by atoms with E-state index in [9.17, 15) is 45.3 Å². The summed E-state index contributed by atoms with van der Waals surface area (Å²) in [5, 5.41) is 74.4. The lowest BCUT2D eigenvalue weighted by Crippen LogP contribution is -2.56. The number of hydrazine groups is 1. The lowest BCUT2D eigenvalue weighted by Gasteiger charge is -2.41. The van der Waals surface area contributed by atoms with Crippen LogP contribution in [0, 0.1) is 0 Å². The molecule has 42 heavy (non-hydrogen) atoms. The Balaban J connectivity index is 1.67. The molecule has 0 radical (unpaired) electrons. The highest BCUT2D eigenvalue weighted by Crippen LogP contribution is 2.47. The van der Waals surface area contributed by atoms with Gasteiger partial charge in [0.05, 0.1) is 46.4 Å². The topological polar surface area (TPSA) is 221 Å². The summed E-state index contributed by atoms with van der Waals surface area (Å²) in [6, 6.07) is 8.76. The Morgan fingerprint density at radius 3 is 2.21 bits per heavy atom. The summed E-state index contributed by atoms with van der Waals surface area (Å²) in [4.78, 5) is 30.9. The van der Waals surface area contributed by atoms with Crippen LogP contribution in [0.15, 0.2) is 36.4 Å². The average molecular weight is 579 g/mol. The first-order chi connectivity index (χ1) is 20.2. The molecule has 7 rings (SSSR count). The molecule has 2 aromatic heterocycles. The number of aromatic amines is 1. The first kappa shape index (κ1) is 26.6. The fraction of sp³-hybridized carbons (Fsp3) is 0.286. The molecule has 4 heterocycles. The summed E-state index contributed by atoms with van der Waals surface area (Å²) in [6.07, 6.45) is -7.77. The highest BCUT2D eigenvalue weighted by Gasteiger charge is 2.47. The van der Waals surface area contributed by atoms with Gasteiger partial charge in [0.25, 0.3) is 11.8 Å². The van der Waals surface area contributed by atoms with Crippen LogP contribution in [0.3, 0.4) is 0 Å². The van der Waals surface area contributed by atoms with E-state index in [1.807, 2.05) is 0 Å². The van der Waals surface area contributed by atoms with E-state index < -0.39 is 49.1 Å². The summed E-state index contributed by atoms with van der Waals surface area (Å²) < 4.78 is 7.38. The number of hydrogen-bond acceptors (Lipinski definition) is 11. The van der Waals surface area contributed by atoms with Crippen LogP contribution in [0.25, 0.3) is 43.6 Å². The van der Waals surface area contributed by atoms with Crippen molar-refractivity contribution in [1.82, 2.24) is 20.0 Å². The van der Waals surface area contributed by atoms with Crippen LogP contribution >= 0.6 is 0 Å². The predicted octanol–water partition coefficient (Wildman–Crippen LogP) is -0.0945. The van der Waals surface area contributed by atoms with Crippen molar-refractivity contribution in [2.24, 2.45) is 0 Å². The Bertz CT molecular complexity index is 1950. The molecule has 0 saturated carbocycles. The van der Waals surface area contributed by atoms with E-state index in [1.165, 1.54) is 34.9 Å². The number of aliphatic hydroxyl groups excluding tert-OH is 5. The first-order valence-electron chi connectivity index (χ1n) is 13.2. The summed E-state index contributed by atoms with van der Waals surface area (Å²) >= 11 is 0. The molecule has 5 aromatic rings. The molecule has 2 aliphatic heterocycles. The van der Waals surface area contributed by atoms with Crippen molar-refractivity contribution in [1.29, 1.82) is 0 Å². The smallest absolute Gasteiger partial charge is 0.276 e. The van der Waals surface area contributed by atoms with Gasteiger partial charge in [-0.3, -0.25) is 9.59 Å². The van der Waals surface area contributed by atoms with E-state index in [2.05, 4.69) is 10.4 Å². The van der Waals surface area contributed by atoms with E-state index in [0.29, 0.717) is 27.2 Å². The molecule has 2 amide bonds. The monoisotopic (exact) mass is 578 g/mol. The van der Waals surface area contributed by atoms with Crippen LogP contribution < -0.4 is 5.43 Å². The van der Waals surface area contributed by atoms with Gasteiger partial charge in [-0.15, -0.1) is 0 Å². The highest BCUT2D eigenvalue weighted by atomic mass is 16.6. The number of ether oxygens (including phenoxy) is 1. The number of amides is 2. The number of aromatic hydroxyl groups is 2. The minimum atomic E-state index is -1.73. The molecule has 14 nitrogen and oxygen atoms in total. The highest BCUT2D eigenvalue weighted by molar-refractivity contribution is 6.39. The van der Waals surface area contributed by atoms with Crippen molar-refractivity contribution in [3.8, 4) is 11.5 Å². The zero-order valence-electron chi connectivity index (χ0n) is 21.7. The number of carbonyl (C=O) groups is 2. The zero-order chi connectivity index (χ0) is 29.6. The third-order valence-corrected chi connectivity index (χ3v) is 8.09. The number of rotatable bonds is 5. The number of hydrogen-bond donors (Lipinski definition) is 9. The van der Waals surface area contributed by atoms with Gasteiger partial charge in [-0.05, 0) is 24.3 Å². The molecular formula is C28H26N4O10. The van der Waals surface area contributed by atoms with E-state index in [0.717, 1.165) is 5.01 Å². The number of imide groups is 1. The van der Waals surface area contributed by atoms with E-state index in [-0.39, 0.29) is 52.2 Å². The van der Waals surface area contributed by atoms with E-state index in [1.54, 1.807) is 6.07 Å². The number of H-pyrrole nitrogens is 1. The predicted molar refractivity (Wildman–Crippen MR) is 147 cm³/mol. The van der Waals surface area contributed by atoms with Crippen molar-refractivity contribution in [3.05, 3.63) is 47.5 Å². The summed E-state index contributed by atoms with van der Waals surface area (Å²) in [7, 11) is 0. The molecule has 5 atom stereocenters. The molecule has 0 unspecified atom stereocenters. The number of carbonyl (C=O) groups excluding carboxylic acids is 2. The number of aliphatic hydroxyl groups is 5. The lowest BCUT2D eigenvalue weighted by atomic mass is 9.96. The van der Waals surface area contributed by atoms with Gasteiger partial charge < -0.3 is 50.0 Å². The number of nitrogens with one attached hydrogen (secondary N) is 2. The van der Waals surface area contributed by atoms with Gasteiger partial charge >= 0.3 is 0 Å². The lowest BCUT2D eigenvalue weighted by molar-refractivity contribution is -0.249. The molecule has 9 N–H and O–H groups in total. The second-order valence-corrected chi connectivity index (χ2v) is 10.4. The number of phenolic OH excluding ortho intramolecular Hbond substituents is 2. The van der Waals surface area contributed by atoms with E-state index in [4.69, 9.17) is 4.74 Å². The van der Waals surface area contributed by atoms with Gasteiger partial charge in [0.1, 0.15) is 35.9 Å². The second-order valence-electron chi connectivity index (χ2n) is 10.4. The molecule has 2 aliphatic rings. The Morgan fingerprint density at radius 2 is 1.52 bits per heavy atom. The average Bonchev–Trinajstić information content (AvgIpc) is 3.58. The molecule has 1 saturated heterocycles. The number of benzene rings is 3. The maximum Gasteiger partial charge on any atom is 0.276 e. The number of nitrogens with zero attached hydrogens (tertiary/aromatic N) is 2. The molecule has 218 valence electrons. The standard InChI is InChI=1S/C28H26N4O10/c33-6-5-29-32-26(40)19-17-12-3-1-10(35)7-14(12)30-21(17)22-18(20(19)27(32)41)13-4-2-11(36)8-15(13)31(22)28-25(39)24(38)23(37)16(9-34)42-28/h1-4,7-8,16,23-25,28-30,33-39H,5-6,9H2/t16-,23-,24+,25-,28-/m1/s1. The van der Waals surface area contributed by atoms with E-state index >= 15 is 0 Å². The Hall–Kier alpha value is -4.28. The first-order valence-corrected chi connectivity index (χ1v) is 13.2. The maximum absolute atomic E-state index is 13.9. The van der Waals surface area contributed by atoms with Crippen molar-refractivity contribution in [3.63, 3.8) is 0 Å². The number of phenols is 2. The molecule has 14 heteroatoms. The normalized spacial score (nSPS) is 24.6.